The summed E-state index contributed by atoms with van der Waals surface area (Å²) >= 11 is 6.14. The number of carbonyl (C=O) groups excluding carboxylic acids is 1. The molecule has 0 saturated carbocycles. The second-order valence-electron chi connectivity index (χ2n) is 6.83. The highest BCUT2D eigenvalue weighted by atomic mass is 35.5. The Morgan fingerprint density at radius 2 is 2.04 bits per heavy atom. The third-order valence-corrected chi connectivity index (χ3v) is 4.76. The van der Waals surface area contributed by atoms with Gasteiger partial charge in [0, 0.05) is 30.2 Å². The minimum atomic E-state index is -0.0149. The maximum Gasteiger partial charge on any atom is 0.254 e. The highest BCUT2D eigenvalue weighted by Crippen LogP contribution is 2.26. The Morgan fingerprint density at radius 1 is 1.27 bits per heavy atom. The van der Waals surface area contributed by atoms with E-state index in [0.29, 0.717) is 23.7 Å². The van der Waals surface area contributed by atoms with Crippen molar-refractivity contribution >= 4 is 17.5 Å². The van der Waals surface area contributed by atoms with E-state index in [2.05, 4.69) is 5.32 Å². The number of hydrogen-bond acceptors (Lipinski definition) is 3. The molecule has 1 amide bonds. The molecule has 0 aliphatic carbocycles. The SMILES string of the molecule is CC(C)OCc1ccc(C(=O)N2CCNCC2c2cccc(Cl)c2)cc1. The van der Waals surface area contributed by atoms with Crippen LogP contribution >= 0.6 is 11.6 Å². The van der Waals surface area contributed by atoms with Crippen LogP contribution in [-0.4, -0.2) is 36.5 Å². The van der Waals surface area contributed by atoms with Gasteiger partial charge in [-0.25, -0.2) is 0 Å². The standard InChI is InChI=1S/C21H25ClN2O2/c1-15(2)26-14-16-6-8-17(9-7-16)21(25)24-11-10-23-13-20(24)18-4-3-5-19(22)12-18/h3-9,12,15,20,23H,10-11,13-14H2,1-2H3. The van der Waals surface area contributed by atoms with E-state index in [0.717, 1.165) is 24.2 Å². The second kappa shape index (κ2) is 8.67. The van der Waals surface area contributed by atoms with Crippen LogP contribution in [0.5, 0.6) is 0 Å². The van der Waals surface area contributed by atoms with Crippen molar-refractivity contribution in [3.63, 3.8) is 0 Å². The van der Waals surface area contributed by atoms with Crippen LogP contribution in [0.3, 0.4) is 0 Å². The zero-order valence-electron chi connectivity index (χ0n) is 15.2. The van der Waals surface area contributed by atoms with Crippen LogP contribution in [0.1, 0.15) is 41.4 Å². The van der Waals surface area contributed by atoms with Crippen molar-refractivity contribution in [2.24, 2.45) is 0 Å². The first kappa shape index (κ1) is 18.9. The van der Waals surface area contributed by atoms with Gasteiger partial charge in [0.25, 0.3) is 5.91 Å². The maximum atomic E-state index is 13.1. The largest absolute Gasteiger partial charge is 0.374 e. The lowest BCUT2D eigenvalue weighted by Crippen LogP contribution is -2.48. The topological polar surface area (TPSA) is 41.6 Å². The molecule has 1 N–H and O–H groups in total. The average Bonchev–Trinajstić information content (AvgIpc) is 2.66. The summed E-state index contributed by atoms with van der Waals surface area (Å²) in [5.74, 6) is 0.0489. The summed E-state index contributed by atoms with van der Waals surface area (Å²) in [6.45, 7) is 6.78. The van der Waals surface area contributed by atoms with Crippen molar-refractivity contribution in [1.82, 2.24) is 10.2 Å². The Kier molecular flexibility index (Phi) is 6.30. The molecule has 1 aliphatic rings. The molecule has 0 bridgehead atoms. The maximum absolute atomic E-state index is 13.1. The Bertz CT molecular complexity index is 746. The molecule has 0 aromatic heterocycles. The van der Waals surface area contributed by atoms with Gasteiger partial charge in [-0.3, -0.25) is 4.79 Å². The first-order valence-electron chi connectivity index (χ1n) is 9.02. The zero-order chi connectivity index (χ0) is 18.5. The lowest BCUT2D eigenvalue weighted by atomic mass is 10.0. The Morgan fingerprint density at radius 3 is 2.73 bits per heavy atom. The number of carbonyl (C=O) groups is 1. The quantitative estimate of drug-likeness (QED) is 0.860. The van der Waals surface area contributed by atoms with Crippen LogP contribution < -0.4 is 5.32 Å². The second-order valence-corrected chi connectivity index (χ2v) is 7.27. The molecule has 2 aromatic carbocycles. The minimum absolute atomic E-state index is 0.0149. The van der Waals surface area contributed by atoms with Crippen molar-refractivity contribution in [1.29, 1.82) is 0 Å². The van der Waals surface area contributed by atoms with Gasteiger partial charge >= 0.3 is 0 Å². The van der Waals surface area contributed by atoms with E-state index in [1.54, 1.807) is 0 Å². The van der Waals surface area contributed by atoms with Gasteiger partial charge in [-0.2, -0.15) is 0 Å². The van der Waals surface area contributed by atoms with E-state index in [1.807, 2.05) is 67.3 Å². The van der Waals surface area contributed by atoms with E-state index >= 15 is 0 Å². The summed E-state index contributed by atoms with van der Waals surface area (Å²) in [4.78, 5) is 15.0. The van der Waals surface area contributed by atoms with E-state index < -0.39 is 0 Å². The number of benzene rings is 2. The van der Waals surface area contributed by atoms with Gasteiger partial charge in [0.2, 0.25) is 0 Å². The first-order chi connectivity index (χ1) is 12.5. The number of piperazine rings is 1. The minimum Gasteiger partial charge on any atom is -0.374 e. The van der Waals surface area contributed by atoms with E-state index in [-0.39, 0.29) is 18.1 Å². The molecule has 1 unspecified atom stereocenters. The normalized spacial score (nSPS) is 17.5. The van der Waals surface area contributed by atoms with Crippen LogP contribution in [-0.2, 0) is 11.3 Å². The lowest BCUT2D eigenvalue weighted by molar-refractivity contribution is 0.0629. The molecule has 1 saturated heterocycles. The molecule has 0 spiro atoms. The predicted molar refractivity (Wildman–Crippen MR) is 104 cm³/mol. The number of halogens is 1. The molecule has 5 heteroatoms. The summed E-state index contributed by atoms with van der Waals surface area (Å²) in [7, 11) is 0. The summed E-state index contributed by atoms with van der Waals surface area (Å²) in [6, 6.07) is 15.4. The van der Waals surface area contributed by atoms with Crippen molar-refractivity contribution < 1.29 is 9.53 Å². The third kappa shape index (κ3) is 4.64. The zero-order valence-corrected chi connectivity index (χ0v) is 16.0. The summed E-state index contributed by atoms with van der Waals surface area (Å²) in [5, 5.41) is 4.06. The molecule has 1 heterocycles. The van der Waals surface area contributed by atoms with Gasteiger partial charge < -0.3 is 15.0 Å². The monoisotopic (exact) mass is 372 g/mol. The van der Waals surface area contributed by atoms with E-state index in [1.165, 1.54) is 0 Å². The Hall–Kier alpha value is -1.88. The number of ether oxygens (including phenoxy) is 1. The molecule has 0 radical (unpaired) electrons. The molecule has 1 atom stereocenters. The predicted octanol–water partition coefficient (Wildman–Crippen LogP) is 4.05. The number of nitrogens with one attached hydrogen (secondary N) is 1. The number of rotatable bonds is 5. The summed E-state index contributed by atoms with van der Waals surface area (Å²) in [6.07, 6.45) is 0.190. The summed E-state index contributed by atoms with van der Waals surface area (Å²) in [5.41, 5.74) is 2.83. The first-order valence-corrected chi connectivity index (χ1v) is 9.40. The van der Waals surface area contributed by atoms with Gasteiger partial charge in [-0.1, -0.05) is 35.9 Å². The van der Waals surface area contributed by atoms with Crippen LogP contribution in [0.15, 0.2) is 48.5 Å². The van der Waals surface area contributed by atoms with Crippen LogP contribution in [0, 0.1) is 0 Å². The van der Waals surface area contributed by atoms with Gasteiger partial charge in [-0.15, -0.1) is 0 Å². The number of nitrogens with zero attached hydrogens (tertiary/aromatic N) is 1. The van der Waals surface area contributed by atoms with Crippen molar-refractivity contribution in [3.8, 4) is 0 Å². The number of amides is 1. The molecule has 3 rings (SSSR count). The fourth-order valence-corrected chi connectivity index (χ4v) is 3.33. The van der Waals surface area contributed by atoms with Gasteiger partial charge in [0.05, 0.1) is 18.8 Å². The van der Waals surface area contributed by atoms with Crippen LogP contribution in [0.4, 0.5) is 0 Å². The van der Waals surface area contributed by atoms with E-state index in [9.17, 15) is 4.79 Å². The smallest absolute Gasteiger partial charge is 0.254 e. The molecular formula is C21H25ClN2O2. The molecule has 138 valence electrons. The average molecular weight is 373 g/mol. The highest BCUT2D eigenvalue weighted by Gasteiger charge is 2.28. The molecule has 4 nitrogen and oxygen atoms in total. The van der Waals surface area contributed by atoms with Crippen molar-refractivity contribution in [2.75, 3.05) is 19.6 Å². The molecule has 2 aromatic rings. The van der Waals surface area contributed by atoms with Crippen molar-refractivity contribution in [2.45, 2.75) is 32.6 Å². The molecule has 1 aliphatic heterocycles. The third-order valence-electron chi connectivity index (χ3n) is 4.52. The van der Waals surface area contributed by atoms with Crippen LogP contribution in [0.2, 0.25) is 5.02 Å². The fourth-order valence-electron chi connectivity index (χ4n) is 3.13. The van der Waals surface area contributed by atoms with Crippen LogP contribution in [0.25, 0.3) is 0 Å². The Balaban J connectivity index is 1.76. The fraction of sp³-hybridized carbons (Fsp3) is 0.381. The molecular weight excluding hydrogens is 348 g/mol. The highest BCUT2D eigenvalue weighted by molar-refractivity contribution is 6.30. The van der Waals surface area contributed by atoms with Crippen molar-refractivity contribution in [3.05, 3.63) is 70.2 Å². The van der Waals surface area contributed by atoms with E-state index in [4.69, 9.17) is 16.3 Å². The number of hydrogen-bond donors (Lipinski definition) is 1. The van der Waals surface area contributed by atoms with Gasteiger partial charge in [-0.05, 0) is 49.2 Å². The molecule has 1 fully saturated rings. The molecule has 26 heavy (non-hydrogen) atoms. The Labute approximate surface area is 160 Å². The van der Waals surface area contributed by atoms with Gasteiger partial charge in [0.15, 0.2) is 0 Å². The van der Waals surface area contributed by atoms with Gasteiger partial charge in [0.1, 0.15) is 0 Å². The summed E-state index contributed by atoms with van der Waals surface area (Å²) < 4.78 is 5.61. The lowest BCUT2D eigenvalue weighted by Gasteiger charge is -2.36.